The van der Waals surface area contributed by atoms with Crippen LogP contribution < -0.4 is 5.32 Å². The molecular weight excluding hydrogens is 345 g/mol. The van der Waals surface area contributed by atoms with Crippen molar-refractivity contribution in [2.45, 2.75) is 36.8 Å². The summed E-state index contributed by atoms with van der Waals surface area (Å²) in [6, 6.07) is 3.57. The van der Waals surface area contributed by atoms with Crippen molar-refractivity contribution in [2.24, 2.45) is 0 Å². The van der Waals surface area contributed by atoms with Crippen LogP contribution in [-0.4, -0.2) is 33.2 Å². The molecule has 23 heavy (non-hydrogen) atoms. The maximum Gasteiger partial charge on any atom is 0.416 e. The van der Waals surface area contributed by atoms with E-state index in [0.29, 0.717) is 21.9 Å². The third kappa shape index (κ3) is 3.44. The summed E-state index contributed by atoms with van der Waals surface area (Å²) in [5, 5.41) is 14.4. The first kappa shape index (κ1) is 16.9. The zero-order chi connectivity index (χ0) is 16.7. The summed E-state index contributed by atoms with van der Waals surface area (Å²) in [5.74, 6) is 0.953. The van der Waals surface area contributed by atoms with E-state index in [9.17, 15) is 18.3 Å². The number of thiazole rings is 1. The zero-order valence-corrected chi connectivity index (χ0v) is 14.1. The molecule has 8 heteroatoms. The lowest BCUT2D eigenvalue weighted by Gasteiger charge is -2.45. The lowest BCUT2D eigenvalue weighted by molar-refractivity contribution is -0.137. The van der Waals surface area contributed by atoms with Crippen LogP contribution in [0, 0.1) is 0 Å². The van der Waals surface area contributed by atoms with Gasteiger partial charge in [-0.3, -0.25) is 0 Å². The predicted octanol–water partition coefficient (Wildman–Crippen LogP) is 4.37. The molecule has 126 valence electrons. The number of aromatic nitrogens is 1. The molecule has 0 radical (unpaired) electrons. The number of thioether (sulfide) groups is 1. The van der Waals surface area contributed by atoms with Gasteiger partial charge in [0, 0.05) is 11.8 Å². The van der Waals surface area contributed by atoms with Crippen LogP contribution in [0.4, 0.5) is 18.3 Å². The molecule has 2 N–H and O–H groups in total. The minimum Gasteiger partial charge on any atom is -0.387 e. The molecule has 0 bridgehead atoms. The number of aliphatic hydroxyl groups is 1. The standard InChI is InChI=1S/C15H17F3N2OS2/c1-2-22-12-5-6-14(12,21)8-19-13-20-10-7-9(15(16,17)18)3-4-11(10)23-13/h3-4,7,12,21H,2,5-6,8H2,1H3,(H,19,20). The number of benzene rings is 1. The first-order chi connectivity index (χ1) is 10.8. The summed E-state index contributed by atoms with van der Waals surface area (Å²) in [5.41, 5.74) is -1.12. The Labute approximate surface area is 140 Å². The van der Waals surface area contributed by atoms with Crippen LogP contribution in [0.1, 0.15) is 25.3 Å². The van der Waals surface area contributed by atoms with E-state index in [2.05, 4.69) is 17.2 Å². The third-order valence-corrected chi connectivity index (χ3v) is 6.47. The third-order valence-electron chi connectivity index (χ3n) is 4.07. The van der Waals surface area contributed by atoms with Crippen molar-refractivity contribution in [3.8, 4) is 0 Å². The van der Waals surface area contributed by atoms with Gasteiger partial charge >= 0.3 is 6.18 Å². The van der Waals surface area contributed by atoms with Crippen LogP contribution in [0.2, 0.25) is 0 Å². The molecule has 1 aliphatic rings. The molecule has 0 spiro atoms. The molecular formula is C15H17F3N2OS2. The molecule has 1 heterocycles. The number of fused-ring (bicyclic) bond motifs is 1. The topological polar surface area (TPSA) is 45.1 Å². The molecule has 1 aromatic heterocycles. The van der Waals surface area contributed by atoms with E-state index in [4.69, 9.17) is 0 Å². The highest BCUT2D eigenvalue weighted by Crippen LogP contribution is 2.41. The first-order valence-electron chi connectivity index (χ1n) is 7.37. The van der Waals surface area contributed by atoms with Gasteiger partial charge in [0.2, 0.25) is 0 Å². The minimum absolute atomic E-state index is 0.214. The van der Waals surface area contributed by atoms with E-state index in [0.717, 1.165) is 30.7 Å². The highest BCUT2D eigenvalue weighted by Gasteiger charge is 2.45. The second-order valence-electron chi connectivity index (χ2n) is 5.64. The van der Waals surface area contributed by atoms with Crippen LogP contribution in [0.15, 0.2) is 18.2 Å². The first-order valence-corrected chi connectivity index (χ1v) is 9.24. The smallest absolute Gasteiger partial charge is 0.387 e. The summed E-state index contributed by atoms with van der Waals surface area (Å²) in [6.45, 7) is 2.43. The van der Waals surface area contributed by atoms with Crippen molar-refractivity contribution in [1.29, 1.82) is 0 Å². The highest BCUT2D eigenvalue weighted by molar-refractivity contribution is 8.00. The molecule has 2 atom stereocenters. The number of nitrogens with zero attached hydrogens (tertiary/aromatic N) is 1. The summed E-state index contributed by atoms with van der Waals surface area (Å²) in [6.07, 6.45) is -2.64. The van der Waals surface area contributed by atoms with Gasteiger partial charge in [-0.15, -0.1) is 0 Å². The van der Waals surface area contributed by atoms with E-state index >= 15 is 0 Å². The lowest BCUT2D eigenvalue weighted by atomic mass is 9.79. The van der Waals surface area contributed by atoms with Crippen molar-refractivity contribution < 1.29 is 18.3 Å². The number of rotatable bonds is 5. The fourth-order valence-corrected chi connectivity index (χ4v) is 4.69. The molecule has 1 aromatic carbocycles. The summed E-state index contributed by atoms with van der Waals surface area (Å²) >= 11 is 3.04. The molecule has 0 aliphatic heterocycles. The normalized spacial score (nSPS) is 24.7. The highest BCUT2D eigenvalue weighted by atomic mass is 32.2. The number of hydrogen-bond donors (Lipinski definition) is 2. The Balaban J connectivity index is 1.72. The monoisotopic (exact) mass is 362 g/mol. The lowest BCUT2D eigenvalue weighted by Crippen LogP contribution is -2.54. The largest absolute Gasteiger partial charge is 0.416 e. The number of alkyl halides is 3. The van der Waals surface area contributed by atoms with Crippen LogP contribution >= 0.6 is 23.1 Å². The van der Waals surface area contributed by atoms with Gasteiger partial charge in [-0.1, -0.05) is 18.3 Å². The maximum atomic E-state index is 12.7. The Morgan fingerprint density at radius 2 is 2.26 bits per heavy atom. The maximum absolute atomic E-state index is 12.7. The van der Waals surface area contributed by atoms with E-state index in [1.165, 1.54) is 17.4 Å². The molecule has 1 fully saturated rings. The Morgan fingerprint density at radius 1 is 1.48 bits per heavy atom. The average Bonchev–Trinajstić information content (AvgIpc) is 2.90. The van der Waals surface area contributed by atoms with Crippen molar-refractivity contribution in [3.05, 3.63) is 23.8 Å². The second kappa shape index (κ2) is 6.14. The molecule has 0 saturated heterocycles. The van der Waals surface area contributed by atoms with Crippen molar-refractivity contribution in [1.82, 2.24) is 4.98 Å². The van der Waals surface area contributed by atoms with Gasteiger partial charge in [-0.05, 0) is 36.8 Å². The number of halogens is 3. The van der Waals surface area contributed by atoms with Gasteiger partial charge in [0.25, 0.3) is 0 Å². The Kier molecular flexibility index (Phi) is 4.50. The van der Waals surface area contributed by atoms with Gasteiger partial charge in [-0.2, -0.15) is 24.9 Å². The van der Waals surface area contributed by atoms with Gasteiger partial charge in [0.15, 0.2) is 5.13 Å². The van der Waals surface area contributed by atoms with E-state index in [1.807, 2.05) is 0 Å². The molecule has 1 saturated carbocycles. The van der Waals surface area contributed by atoms with E-state index in [-0.39, 0.29) is 5.25 Å². The number of anilines is 1. The Hall–Kier alpha value is -0.990. The fraction of sp³-hybridized carbons (Fsp3) is 0.533. The quantitative estimate of drug-likeness (QED) is 0.829. The van der Waals surface area contributed by atoms with Crippen LogP contribution in [-0.2, 0) is 6.18 Å². The molecule has 3 rings (SSSR count). The van der Waals surface area contributed by atoms with Crippen molar-refractivity contribution in [3.63, 3.8) is 0 Å². The van der Waals surface area contributed by atoms with Crippen LogP contribution in [0.5, 0.6) is 0 Å². The zero-order valence-electron chi connectivity index (χ0n) is 12.5. The SMILES string of the molecule is CCSC1CCC1(O)CNc1nc2cc(C(F)(F)F)ccc2s1. The number of nitrogens with one attached hydrogen (secondary N) is 1. The second-order valence-corrected chi connectivity index (χ2v) is 8.15. The number of hydrogen-bond acceptors (Lipinski definition) is 5. The molecule has 2 aromatic rings. The molecule has 1 aliphatic carbocycles. The average molecular weight is 362 g/mol. The van der Waals surface area contributed by atoms with Crippen LogP contribution in [0.25, 0.3) is 10.2 Å². The van der Waals surface area contributed by atoms with Gasteiger partial charge in [0.05, 0.1) is 21.4 Å². The van der Waals surface area contributed by atoms with E-state index in [1.54, 1.807) is 11.8 Å². The van der Waals surface area contributed by atoms with Crippen molar-refractivity contribution in [2.75, 3.05) is 17.6 Å². The Bertz CT molecular complexity index is 704. The van der Waals surface area contributed by atoms with Crippen LogP contribution in [0.3, 0.4) is 0 Å². The molecule has 0 amide bonds. The summed E-state index contributed by atoms with van der Waals surface area (Å²) in [7, 11) is 0. The van der Waals surface area contributed by atoms with Gasteiger partial charge in [0.1, 0.15) is 0 Å². The predicted molar refractivity (Wildman–Crippen MR) is 89.2 cm³/mol. The van der Waals surface area contributed by atoms with Gasteiger partial charge < -0.3 is 10.4 Å². The summed E-state index contributed by atoms with van der Waals surface area (Å²) < 4.78 is 38.9. The Morgan fingerprint density at radius 3 is 2.87 bits per heavy atom. The van der Waals surface area contributed by atoms with E-state index < -0.39 is 17.3 Å². The fourth-order valence-electron chi connectivity index (χ4n) is 2.65. The van der Waals surface area contributed by atoms with Crippen molar-refractivity contribution >= 4 is 38.4 Å². The minimum atomic E-state index is -4.36. The summed E-state index contributed by atoms with van der Waals surface area (Å²) in [4.78, 5) is 4.21. The molecule has 2 unspecified atom stereocenters. The molecule has 3 nitrogen and oxygen atoms in total. The van der Waals surface area contributed by atoms with Gasteiger partial charge in [-0.25, -0.2) is 4.98 Å².